The summed E-state index contributed by atoms with van der Waals surface area (Å²) in [6.07, 6.45) is 0. The fourth-order valence-corrected chi connectivity index (χ4v) is 3.81. The average Bonchev–Trinajstić information content (AvgIpc) is 2.68. The Labute approximate surface area is 168 Å². The Morgan fingerprint density at radius 3 is 2.29 bits per heavy atom. The van der Waals surface area contributed by atoms with E-state index in [0.717, 1.165) is 49.6 Å². The van der Waals surface area contributed by atoms with Crippen molar-refractivity contribution in [3.8, 4) is 5.75 Å². The number of rotatable bonds is 7. The monoisotopic (exact) mass is 381 g/mol. The van der Waals surface area contributed by atoms with E-state index in [-0.39, 0.29) is 12.5 Å². The second kappa shape index (κ2) is 9.60. The van der Waals surface area contributed by atoms with Crippen molar-refractivity contribution >= 4 is 11.6 Å². The van der Waals surface area contributed by atoms with E-state index < -0.39 is 0 Å². The largest absolute Gasteiger partial charge is 0.483 e. The lowest BCUT2D eigenvalue weighted by Crippen LogP contribution is -2.48. The van der Waals surface area contributed by atoms with Gasteiger partial charge >= 0.3 is 0 Å². The van der Waals surface area contributed by atoms with Gasteiger partial charge in [-0.2, -0.15) is 0 Å². The summed E-state index contributed by atoms with van der Waals surface area (Å²) in [4.78, 5) is 16.9. The van der Waals surface area contributed by atoms with E-state index in [1.165, 1.54) is 11.3 Å². The summed E-state index contributed by atoms with van der Waals surface area (Å²) >= 11 is 0. The third-order valence-corrected chi connectivity index (χ3v) is 5.20. The lowest BCUT2D eigenvalue weighted by Gasteiger charge is -2.36. The third kappa shape index (κ3) is 5.49. The highest BCUT2D eigenvalue weighted by Crippen LogP contribution is 2.24. The molecule has 1 amide bonds. The molecule has 150 valence electrons. The normalized spacial score (nSPS) is 14.8. The summed E-state index contributed by atoms with van der Waals surface area (Å²) in [6.45, 7) is 11.8. The summed E-state index contributed by atoms with van der Waals surface area (Å²) in [5, 5.41) is 2.97. The van der Waals surface area contributed by atoms with E-state index in [0.29, 0.717) is 6.54 Å². The standard InChI is InChI=1S/C23H31N3O2/c1-18-15-19(2)23(20(3)16-18)28-17-22(27)24-9-10-25-11-13-26(14-12-25)21-7-5-4-6-8-21/h4-8,15-16H,9-14,17H2,1-3H3,(H,24,27). The fourth-order valence-electron chi connectivity index (χ4n) is 3.81. The number of nitrogens with one attached hydrogen (secondary N) is 1. The number of anilines is 1. The molecule has 0 aromatic heterocycles. The van der Waals surface area contributed by atoms with Gasteiger partial charge in [-0.3, -0.25) is 9.69 Å². The first-order valence-corrected chi connectivity index (χ1v) is 10.0. The molecule has 0 atom stereocenters. The summed E-state index contributed by atoms with van der Waals surface area (Å²) in [5.41, 5.74) is 4.64. The fraction of sp³-hybridized carbons (Fsp3) is 0.435. The van der Waals surface area contributed by atoms with Gasteiger partial charge in [0, 0.05) is 45.0 Å². The molecule has 28 heavy (non-hydrogen) atoms. The second-order valence-electron chi connectivity index (χ2n) is 7.53. The van der Waals surface area contributed by atoms with Crippen LogP contribution < -0.4 is 15.0 Å². The number of ether oxygens (including phenoxy) is 1. The van der Waals surface area contributed by atoms with Gasteiger partial charge in [0.2, 0.25) is 0 Å². The molecule has 0 spiro atoms. The summed E-state index contributed by atoms with van der Waals surface area (Å²) < 4.78 is 5.76. The quantitative estimate of drug-likeness (QED) is 0.801. The van der Waals surface area contributed by atoms with Crippen molar-refractivity contribution in [1.29, 1.82) is 0 Å². The molecule has 5 heteroatoms. The van der Waals surface area contributed by atoms with Crippen LogP contribution in [0.2, 0.25) is 0 Å². The van der Waals surface area contributed by atoms with Gasteiger partial charge in [-0.1, -0.05) is 35.9 Å². The van der Waals surface area contributed by atoms with Crippen LogP contribution in [0.1, 0.15) is 16.7 Å². The van der Waals surface area contributed by atoms with Gasteiger partial charge in [-0.15, -0.1) is 0 Å². The maximum atomic E-state index is 12.1. The maximum absolute atomic E-state index is 12.1. The Bertz CT molecular complexity index is 761. The predicted octanol–water partition coefficient (Wildman–Crippen LogP) is 2.93. The van der Waals surface area contributed by atoms with Gasteiger partial charge in [0.15, 0.2) is 6.61 Å². The number of para-hydroxylation sites is 1. The molecule has 1 saturated heterocycles. The topological polar surface area (TPSA) is 44.8 Å². The predicted molar refractivity (Wildman–Crippen MR) is 114 cm³/mol. The van der Waals surface area contributed by atoms with Crippen LogP contribution in [0.15, 0.2) is 42.5 Å². The van der Waals surface area contributed by atoms with Crippen LogP contribution in [0.5, 0.6) is 5.75 Å². The first-order valence-electron chi connectivity index (χ1n) is 10.0. The Hall–Kier alpha value is -2.53. The molecule has 1 aliphatic heterocycles. The van der Waals surface area contributed by atoms with Crippen LogP contribution in [0, 0.1) is 20.8 Å². The number of amides is 1. The van der Waals surface area contributed by atoms with Crippen molar-refractivity contribution in [2.75, 3.05) is 50.8 Å². The molecular formula is C23H31N3O2. The highest BCUT2D eigenvalue weighted by atomic mass is 16.5. The Morgan fingerprint density at radius 1 is 1.00 bits per heavy atom. The minimum atomic E-state index is -0.0673. The van der Waals surface area contributed by atoms with Crippen LogP contribution in [-0.4, -0.2) is 56.7 Å². The van der Waals surface area contributed by atoms with E-state index in [2.05, 4.69) is 58.4 Å². The van der Waals surface area contributed by atoms with Crippen molar-refractivity contribution in [3.63, 3.8) is 0 Å². The van der Waals surface area contributed by atoms with E-state index in [4.69, 9.17) is 4.74 Å². The van der Waals surface area contributed by atoms with Gasteiger partial charge in [-0.05, 0) is 44.0 Å². The van der Waals surface area contributed by atoms with Crippen molar-refractivity contribution < 1.29 is 9.53 Å². The molecular weight excluding hydrogens is 350 g/mol. The average molecular weight is 382 g/mol. The Morgan fingerprint density at radius 2 is 1.64 bits per heavy atom. The smallest absolute Gasteiger partial charge is 0.257 e. The molecule has 5 nitrogen and oxygen atoms in total. The number of carbonyl (C=O) groups is 1. The molecule has 0 saturated carbocycles. The van der Waals surface area contributed by atoms with E-state index in [1.54, 1.807) is 0 Å². The van der Waals surface area contributed by atoms with E-state index in [1.807, 2.05) is 19.9 Å². The van der Waals surface area contributed by atoms with Crippen LogP contribution in [0.3, 0.4) is 0 Å². The molecule has 2 aromatic carbocycles. The number of hydrogen-bond donors (Lipinski definition) is 1. The number of benzene rings is 2. The number of carbonyl (C=O) groups excluding carboxylic acids is 1. The third-order valence-electron chi connectivity index (χ3n) is 5.20. The first kappa shape index (κ1) is 20.2. The molecule has 1 aliphatic rings. The van der Waals surface area contributed by atoms with Gasteiger partial charge in [0.1, 0.15) is 5.75 Å². The van der Waals surface area contributed by atoms with Crippen molar-refractivity contribution in [3.05, 3.63) is 59.2 Å². The minimum absolute atomic E-state index is 0.0620. The lowest BCUT2D eigenvalue weighted by molar-refractivity contribution is -0.123. The minimum Gasteiger partial charge on any atom is -0.483 e. The Kier molecular flexibility index (Phi) is 6.93. The molecule has 1 heterocycles. The summed E-state index contributed by atoms with van der Waals surface area (Å²) in [5.74, 6) is 0.750. The number of piperazine rings is 1. The van der Waals surface area contributed by atoms with Crippen molar-refractivity contribution in [2.45, 2.75) is 20.8 Å². The zero-order chi connectivity index (χ0) is 19.9. The number of aryl methyl sites for hydroxylation is 3. The van der Waals surface area contributed by atoms with E-state index >= 15 is 0 Å². The molecule has 0 aliphatic carbocycles. The van der Waals surface area contributed by atoms with E-state index in [9.17, 15) is 4.79 Å². The molecule has 2 aromatic rings. The van der Waals surface area contributed by atoms with Crippen molar-refractivity contribution in [1.82, 2.24) is 10.2 Å². The van der Waals surface area contributed by atoms with Crippen LogP contribution >= 0.6 is 0 Å². The molecule has 0 bridgehead atoms. The van der Waals surface area contributed by atoms with Crippen LogP contribution in [-0.2, 0) is 4.79 Å². The SMILES string of the molecule is Cc1cc(C)c(OCC(=O)NCCN2CCN(c3ccccc3)CC2)c(C)c1. The van der Waals surface area contributed by atoms with Gasteiger partial charge < -0.3 is 15.0 Å². The zero-order valence-electron chi connectivity index (χ0n) is 17.2. The van der Waals surface area contributed by atoms with Crippen LogP contribution in [0.4, 0.5) is 5.69 Å². The van der Waals surface area contributed by atoms with Gasteiger partial charge in [0.25, 0.3) is 5.91 Å². The lowest BCUT2D eigenvalue weighted by atomic mass is 10.1. The molecule has 0 radical (unpaired) electrons. The van der Waals surface area contributed by atoms with Gasteiger partial charge in [-0.25, -0.2) is 0 Å². The molecule has 1 fully saturated rings. The Balaban J connectivity index is 1.35. The number of hydrogen-bond acceptors (Lipinski definition) is 4. The zero-order valence-corrected chi connectivity index (χ0v) is 17.2. The first-order chi connectivity index (χ1) is 13.5. The second-order valence-corrected chi connectivity index (χ2v) is 7.53. The number of nitrogens with zero attached hydrogens (tertiary/aromatic N) is 2. The van der Waals surface area contributed by atoms with Crippen molar-refractivity contribution in [2.24, 2.45) is 0 Å². The summed E-state index contributed by atoms with van der Waals surface area (Å²) in [7, 11) is 0. The van der Waals surface area contributed by atoms with Crippen LogP contribution in [0.25, 0.3) is 0 Å². The van der Waals surface area contributed by atoms with Gasteiger partial charge in [0.05, 0.1) is 0 Å². The summed E-state index contributed by atoms with van der Waals surface area (Å²) in [6, 6.07) is 14.7. The highest BCUT2D eigenvalue weighted by molar-refractivity contribution is 5.77. The molecule has 3 rings (SSSR count). The molecule has 0 unspecified atom stereocenters. The molecule has 1 N–H and O–H groups in total. The maximum Gasteiger partial charge on any atom is 0.257 e. The highest BCUT2D eigenvalue weighted by Gasteiger charge is 2.17.